The molecule has 0 aromatic carbocycles. The Hall–Kier alpha value is -0.830. The molecule has 1 rings (SSSR count). The maximum atomic E-state index is 11.6. The third-order valence-corrected chi connectivity index (χ3v) is 4.29. The first kappa shape index (κ1) is 15.2. The van der Waals surface area contributed by atoms with E-state index in [9.17, 15) is 9.90 Å². The van der Waals surface area contributed by atoms with E-state index >= 15 is 0 Å². The van der Waals surface area contributed by atoms with Crippen LogP contribution in [-0.4, -0.2) is 23.2 Å². The summed E-state index contributed by atoms with van der Waals surface area (Å²) in [6, 6.07) is 0. The van der Waals surface area contributed by atoms with Crippen LogP contribution in [-0.2, 0) is 4.79 Å². The molecule has 2 atom stereocenters. The third kappa shape index (κ3) is 3.58. The topological polar surface area (TPSA) is 49.3 Å². The van der Waals surface area contributed by atoms with Gasteiger partial charge < -0.3 is 5.11 Å². The normalized spacial score (nSPS) is 29.6. The van der Waals surface area contributed by atoms with E-state index in [4.69, 9.17) is 0 Å². The fourth-order valence-corrected chi connectivity index (χ4v) is 2.94. The Morgan fingerprint density at radius 2 is 2.11 bits per heavy atom. The summed E-state index contributed by atoms with van der Waals surface area (Å²) in [6.45, 7) is 11.0. The summed E-state index contributed by atoms with van der Waals surface area (Å²) in [6.07, 6.45) is 6.28. The van der Waals surface area contributed by atoms with E-state index in [1.165, 1.54) is 0 Å². The van der Waals surface area contributed by atoms with Gasteiger partial charge >= 0.3 is 5.97 Å². The van der Waals surface area contributed by atoms with Crippen LogP contribution in [0.3, 0.4) is 0 Å². The molecule has 0 bridgehead atoms. The van der Waals surface area contributed by atoms with Crippen LogP contribution in [0.4, 0.5) is 0 Å². The molecule has 0 radical (unpaired) electrons. The van der Waals surface area contributed by atoms with Crippen molar-refractivity contribution in [1.29, 1.82) is 0 Å². The van der Waals surface area contributed by atoms with Crippen LogP contribution in [0.2, 0.25) is 0 Å². The van der Waals surface area contributed by atoms with Gasteiger partial charge in [0.2, 0.25) is 0 Å². The number of carboxylic acids is 1. The molecule has 0 spiro atoms. The van der Waals surface area contributed by atoms with Crippen molar-refractivity contribution in [2.75, 3.05) is 6.54 Å². The Morgan fingerprint density at radius 1 is 1.44 bits per heavy atom. The van der Waals surface area contributed by atoms with Crippen LogP contribution in [0, 0.1) is 11.3 Å². The van der Waals surface area contributed by atoms with E-state index < -0.39 is 11.5 Å². The average molecular weight is 253 g/mol. The molecule has 2 unspecified atom stereocenters. The Morgan fingerprint density at radius 3 is 2.61 bits per heavy atom. The summed E-state index contributed by atoms with van der Waals surface area (Å²) < 4.78 is 0. The van der Waals surface area contributed by atoms with Gasteiger partial charge in [0.25, 0.3) is 0 Å². The van der Waals surface area contributed by atoms with Crippen LogP contribution < -0.4 is 5.32 Å². The highest BCUT2D eigenvalue weighted by Gasteiger charge is 2.41. The molecular formula is C15H27NO2. The van der Waals surface area contributed by atoms with Gasteiger partial charge in [-0.15, -0.1) is 6.58 Å². The minimum atomic E-state index is -0.742. The molecule has 0 aromatic heterocycles. The second-order valence-corrected chi connectivity index (χ2v) is 6.55. The largest absolute Gasteiger partial charge is 0.480 e. The Bertz CT molecular complexity index is 306. The first-order valence-electron chi connectivity index (χ1n) is 6.91. The molecule has 0 amide bonds. The molecule has 1 aliphatic rings. The minimum absolute atomic E-state index is 0.271. The van der Waals surface area contributed by atoms with Crippen molar-refractivity contribution in [3.63, 3.8) is 0 Å². The Kier molecular flexibility index (Phi) is 4.97. The monoisotopic (exact) mass is 253 g/mol. The van der Waals surface area contributed by atoms with Crippen molar-refractivity contribution >= 4 is 5.97 Å². The number of hydrogen-bond donors (Lipinski definition) is 2. The first-order chi connectivity index (χ1) is 8.32. The lowest BCUT2D eigenvalue weighted by Crippen LogP contribution is -2.51. The number of rotatable bonds is 4. The zero-order chi connectivity index (χ0) is 13.8. The maximum absolute atomic E-state index is 11.6. The number of hydrogen-bond acceptors (Lipinski definition) is 2. The third-order valence-electron chi connectivity index (χ3n) is 4.29. The van der Waals surface area contributed by atoms with E-state index in [1.807, 2.05) is 0 Å². The molecule has 18 heavy (non-hydrogen) atoms. The fourth-order valence-electron chi connectivity index (χ4n) is 2.94. The molecule has 0 saturated heterocycles. The number of nitrogens with one attached hydrogen (secondary N) is 1. The van der Waals surface area contributed by atoms with Gasteiger partial charge in [0.1, 0.15) is 5.54 Å². The van der Waals surface area contributed by atoms with Crippen LogP contribution in [0.25, 0.3) is 0 Å². The highest BCUT2D eigenvalue weighted by molar-refractivity contribution is 5.78. The maximum Gasteiger partial charge on any atom is 0.323 e. The highest BCUT2D eigenvalue weighted by Crippen LogP contribution is 2.39. The SMILES string of the molecule is C=CCNC1(C(=O)O)CCCC(C(C)(C)C)CC1. The number of carbonyl (C=O) groups is 1. The fraction of sp³-hybridized carbons (Fsp3) is 0.800. The van der Waals surface area contributed by atoms with Crippen LogP contribution in [0.15, 0.2) is 12.7 Å². The lowest BCUT2D eigenvalue weighted by molar-refractivity contribution is -0.145. The summed E-state index contributed by atoms with van der Waals surface area (Å²) in [4.78, 5) is 11.6. The van der Waals surface area contributed by atoms with Crippen LogP contribution in [0.1, 0.15) is 52.9 Å². The van der Waals surface area contributed by atoms with Crippen LogP contribution in [0.5, 0.6) is 0 Å². The molecule has 0 aromatic rings. The zero-order valence-electron chi connectivity index (χ0n) is 12.0. The van der Waals surface area contributed by atoms with Crippen molar-refractivity contribution in [2.45, 2.75) is 58.4 Å². The molecule has 1 aliphatic carbocycles. The standard InChI is InChI=1S/C15H27NO2/c1-5-11-16-15(13(17)18)9-6-7-12(8-10-15)14(2,3)4/h5,12,16H,1,6-11H2,2-4H3,(H,17,18). The van der Waals surface area contributed by atoms with Gasteiger partial charge in [-0.2, -0.15) is 0 Å². The van der Waals surface area contributed by atoms with Crippen molar-refractivity contribution in [1.82, 2.24) is 5.32 Å². The smallest absolute Gasteiger partial charge is 0.323 e. The van der Waals surface area contributed by atoms with Gasteiger partial charge in [-0.25, -0.2) is 0 Å². The summed E-state index contributed by atoms with van der Waals surface area (Å²) in [5.74, 6) is -0.0943. The molecule has 3 heteroatoms. The van der Waals surface area contributed by atoms with Crippen molar-refractivity contribution in [2.24, 2.45) is 11.3 Å². The molecule has 2 N–H and O–H groups in total. The van der Waals surface area contributed by atoms with Crippen molar-refractivity contribution < 1.29 is 9.90 Å². The predicted octanol–water partition coefficient (Wildman–Crippen LogP) is 3.21. The van der Waals surface area contributed by atoms with Gasteiger partial charge in [-0.05, 0) is 37.0 Å². The molecule has 1 saturated carbocycles. The molecule has 0 aliphatic heterocycles. The van der Waals surface area contributed by atoms with Crippen LogP contribution >= 0.6 is 0 Å². The summed E-state index contributed by atoms with van der Waals surface area (Å²) in [5.41, 5.74) is -0.471. The van der Waals surface area contributed by atoms with Gasteiger partial charge in [0.05, 0.1) is 0 Å². The van der Waals surface area contributed by atoms with E-state index in [0.29, 0.717) is 12.5 Å². The zero-order valence-corrected chi connectivity index (χ0v) is 12.0. The lowest BCUT2D eigenvalue weighted by atomic mass is 9.76. The second-order valence-electron chi connectivity index (χ2n) is 6.55. The van der Waals surface area contributed by atoms with Gasteiger partial charge in [-0.3, -0.25) is 10.1 Å². The van der Waals surface area contributed by atoms with Crippen molar-refractivity contribution in [3.05, 3.63) is 12.7 Å². The van der Waals surface area contributed by atoms with E-state index in [2.05, 4.69) is 32.7 Å². The van der Waals surface area contributed by atoms with Crippen molar-refractivity contribution in [3.8, 4) is 0 Å². The molecule has 104 valence electrons. The summed E-state index contributed by atoms with van der Waals surface area (Å²) >= 11 is 0. The lowest BCUT2D eigenvalue weighted by Gasteiger charge is -2.31. The van der Waals surface area contributed by atoms with Gasteiger partial charge in [0.15, 0.2) is 0 Å². The Labute approximate surface area is 111 Å². The summed E-state index contributed by atoms with van der Waals surface area (Å²) in [5, 5.41) is 12.7. The Balaban J connectivity index is 2.77. The minimum Gasteiger partial charge on any atom is -0.480 e. The van der Waals surface area contributed by atoms with E-state index in [-0.39, 0.29) is 5.41 Å². The highest BCUT2D eigenvalue weighted by atomic mass is 16.4. The first-order valence-corrected chi connectivity index (χ1v) is 6.91. The average Bonchev–Trinajstić information content (AvgIpc) is 2.49. The second kappa shape index (κ2) is 5.87. The predicted molar refractivity (Wildman–Crippen MR) is 74.6 cm³/mol. The molecule has 0 heterocycles. The summed E-state index contributed by atoms with van der Waals surface area (Å²) in [7, 11) is 0. The van der Waals surface area contributed by atoms with E-state index in [0.717, 1.165) is 32.1 Å². The van der Waals surface area contributed by atoms with Gasteiger partial charge in [0, 0.05) is 6.54 Å². The molecular weight excluding hydrogens is 226 g/mol. The van der Waals surface area contributed by atoms with Gasteiger partial charge in [-0.1, -0.05) is 33.3 Å². The quantitative estimate of drug-likeness (QED) is 0.597. The number of aliphatic carboxylic acids is 1. The van der Waals surface area contributed by atoms with E-state index in [1.54, 1.807) is 6.08 Å². The molecule has 1 fully saturated rings. The number of carboxylic acid groups (broad SMARTS) is 1. The molecule has 3 nitrogen and oxygen atoms in total.